The molecule has 0 aromatic carbocycles. The number of nitrogens with zero attached hydrogens (tertiary/aromatic N) is 2. The maximum atomic E-state index is 3.89. The van der Waals surface area contributed by atoms with Crippen molar-refractivity contribution < 1.29 is 0 Å². The van der Waals surface area contributed by atoms with Crippen molar-refractivity contribution in [3.05, 3.63) is 36.2 Å². The topological polar surface area (TPSA) is 15.6 Å². The van der Waals surface area contributed by atoms with Crippen LogP contribution >= 0.6 is 0 Å². The van der Waals surface area contributed by atoms with Crippen LogP contribution in [0.25, 0.3) is 0 Å². The Morgan fingerprint density at radius 1 is 1.46 bits per heavy atom. The molecule has 0 amide bonds. The fourth-order valence-corrected chi connectivity index (χ4v) is 0.896. The molecule has 72 valence electrons. The summed E-state index contributed by atoms with van der Waals surface area (Å²) in [6.07, 6.45) is 10.9. The molecular weight excluding hydrogens is 160 g/mol. The van der Waals surface area contributed by atoms with Crippen LogP contribution in [0.3, 0.4) is 0 Å². The van der Waals surface area contributed by atoms with E-state index in [0.717, 1.165) is 12.1 Å². The van der Waals surface area contributed by atoms with Gasteiger partial charge in [0.05, 0.1) is 5.70 Å². The molecular formula is C11H18N2. The zero-order valence-electron chi connectivity index (χ0n) is 8.70. The van der Waals surface area contributed by atoms with E-state index in [1.807, 2.05) is 44.4 Å². The minimum atomic E-state index is 0.999. The summed E-state index contributed by atoms with van der Waals surface area (Å²) >= 11 is 0. The van der Waals surface area contributed by atoms with Gasteiger partial charge in [0, 0.05) is 12.9 Å². The van der Waals surface area contributed by atoms with Crippen LogP contribution in [0.15, 0.2) is 41.3 Å². The molecule has 0 radical (unpaired) electrons. The average Bonchev–Trinajstić information content (AvgIpc) is 2.17. The van der Waals surface area contributed by atoms with Gasteiger partial charge in [0.1, 0.15) is 0 Å². The molecule has 0 aliphatic heterocycles. The molecule has 0 fully saturated rings. The molecule has 0 spiro atoms. The first kappa shape index (κ1) is 11.7. The van der Waals surface area contributed by atoms with E-state index in [2.05, 4.69) is 18.7 Å². The van der Waals surface area contributed by atoms with Crippen LogP contribution in [0.2, 0.25) is 0 Å². The van der Waals surface area contributed by atoms with E-state index in [4.69, 9.17) is 0 Å². The highest BCUT2D eigenvalue weighted by Gasteiger charge is 1.96. The second-order valence-electron chi connectivity index (χ2n) is 2.49. The molecule has 0 saturated heterocycles. The molecule has 0 saturated carbocycles. The van der Waals surface area contributed by atoms with E-state index >= 15 is 0 Å². The second kappa shape index (κ2) is 7.35. The quantitative estimate of drug-likeness (QED) is 0.358. The third kappa shape index (κ3) is 4.31. The van der Waals surface area contributed by atoms with E-state index < -0.39 is 0 Å². The summed E-state index contributed by atoms with van der Waals surface area (Å²) in [5, 5.41) is 5.65. The molecule has 0 bridgehead atoms. The van der Waals surface area contributed by atoms with Crippen molar-refractivity contribution in [3.8, 4) is 0 Å². The van der Waals surface area contributed by atoms with E-state index in [1.165, 1.54) is 0 Å². The Hall–Kier alpha value is -1.31. The highest BCUT2D eigenvalue weighted by Crippen LogP contribution is 2.07. The lowest BCUT2D eigenvalue weighted by Crippen LogP contribution is -2.06. The number of hydrazone groups is 1. The summed E-state index contributed by atoms with van der Waals surface area (Å²) < 4.78 is 0. The summed E-state index contributed by atoms with van der Waals surface area (Å²) in [5.74, 6) is 0. The Labute approximate surface area is 80.9 Å². The number of allylic oxidation sites excluding steroid dienone is 4. The first-order valence-electron chi connectivity index (χ1n) is 4.51. The van der Waals surface area contributed by atoms with Gasteiger partial charge in [0.25, 0.3) is 0 Å². The monoisotopic (exact) mass is 178 g/mol. The SMILES string of the molecule is C=NN(/C=C\CC)C(/C=C\C)=C\C. The molecule has 0 atom stereocenters. The zero-order valence-corrected chi connectivity index (χ0v) is 8.70. The molecule has 0 rings (SSSR count). The Morgan fingerprint density at radius 2 is 2.15 bits per heavy atom. The fourth-order valence-electron chi connectivity index (χ4n) is 0.896. The van der Waals surface area contributed by atoms with Crippen molar-refractivity contribution in [2.24, 2.45) is 5.10 Å². The van der Waals surface area contributed by atoms with Crippen LogP contribution in [-0.4, -0.2) is 11.7 Å². The summed E-state index contributed by atoms with van der Waals surface area (Å²) in [6.45, 7) is 9.56. The van der Waals surface area contributed by atoms with Gasteiger partial charge in [-0.15, -0.1) is 0 Å². The maximum absolute atomic E-state index is 3.89. The molecule has 0 heterocycles. The third-order valence-corrected chi connectivity index (χ3v) is 1.53. The standard InChI is InChI=1S/C11H18N2/c1-5-8-10-13(12-4)11(7-3)9-6-2/h6-10H,4-5H2,1-3H3/b9-6-,10-8-,11-7-. The average molecular weight is 178 g/mol. The van der Waals surface area contributed by atoms with Crippen LogP contribution in [0.5, 0.6) is 0 Å². The smallest absolute Gasteiger partial charge is 0.0599 e. The number of rotatable bonds is 5. The Kier molecular flexibility index (Phi) is 6.60. The van der Waals surface area contributed by atoms with Gasteiger partial charge in [0.15, 0.2) is 0 Å². The zero-order chi connectivity index (χ0) is 10.1. The van der Waals surface area contributed by atoms with Gasteiger partial charge in [-0.1, -0.05) is 25.2 Å². The fraction of sp³-hybridized carbons (Fsp3) is 0.364. The number of hydrogen-bond donors (Lipinski definition) is 0. The van der Waals surface area contributed by atoms with Crippen molar-refractivity contribution in [2.75, 3.05) is 0 Å². The van der Waals surface area contributed by atoms with E-state index in [0.29, 0.717) is 0 Å². The van der Waals surface area contributed by atoms with E-state index in [-0.39, 0.29) is 0 Å². The number of hydrogen-bond acceptors (Lipinski definition) is 2. The van der Waals surface area contributed by atoms with Crippen LogP contribution < -0.4 is 0 Å². The van der Waals surface area contributed by atoms with Crippen LogP contribution in [0.1, 0.15) is 27.2 Å². The van der Waals surface area contributed by atoms with Gasteiger partial charge in [-0.25, -0.2) is 5.01 Å². The molecule has 13 heavy (non-hydrogen) atoms. The molecule has 0 aliphatic carbocycles. The van der Waals surface area contributed by atoms with E-state index in [9.17, 15) is 0 Å². The highest BCUT2D eigenvalue weighted by molar-refractivity contribution is 5.26. The Balaban J connectivity index is 4.54. The summed E-state index contributed by atoms with van der Waals surface area (Å²) in [5.41, 5.74) is 1.03. The lowest BCUT2D eigenvalue weighted by molar-refractivity contribution is 0.516. The van der Waals surface area contributed by atoms with Crippen molar-refractivity contribution in [3.63, 3.8) is 0 Å². The predicted octanol–water partition coefficient (Wildman–Crippen LogP) is 3.31. The molecule has 0 aliphatic rings. The molecule has 0 N–H and O–H groups in total. The lowest BCUT2D eigenvalue weighted by Gasteiger charge is -2.13. The first-order valence-corrected chi connectivity index (χ1v) is 4.51. The Morgan fingerprint density at radius 3 is 2.54 bits per heavy atom. The van der Waals surface area contributed by atoms with Gasteiger partial charge in [-0.3, -0.25) is 0 Å². The molecule has 0 aromatic heterocycles. The van der Waals surface area contributed by atoms with Gasteiger partial charge in [-0.2, -0.15) is 5.10 Å². The van der Waals surface area contributed by atoms with Crippen molar-refractivity contribution >= 4 is 6.72 Å². The second-order valence-corrected chi connectivity index (χ2v) is 2.49. The molecule has 0 unspecified atom stereocenters. The van der Waals surface area contributed by atoms with E-state index in [1.54, 1.807) is 5.01 Å². The molecule has 2 heteroatoms. The van der Waals surface area contributed by atoms with Crippen LogP contribution in [0.4, 0.5) is 0 Å². The predicted molar refractivity (Wildman–Crippen MR) is 59.4 cm³/mol. The summed E-state index contributed by atoms with van der Waals surface area (Å²) in [7, 11) is 0. The summed E-state index contributed by atoms with van der Waals surface area (Å²) in [6, 6.07) is 0. The largest absolute Gasteiger partial charge is 0.242 e. The highest BCUT2D eigenvalue weighted by atomic mass is 15.4. The van der Waals surface area contributed by atoms with Crippen molar-refractivity contribution in [1.82, 2.24) is 5.01 Å². The maximum Gasteiger partial charge on any atom is 0.0599 e. The molecule has 0 aromatic rings. The minimum Gasteiger partial charge on any atom is -0.242 e. The van der Waals surface area contributed by atoms with Gasteiger partial charge >= 0.3 is 0 Å². The van der Waals surface area contributed by atoms with Gasteiger partial charge in [-0.05, 0) is 26.3 Å². The Bertz CT molecular complexity index is 224. The van der Waals surface area contributed by atoms with Gasteiger partial charge in [0.2, 0.25) is 0 Å². The molecule has 2 nitrogen and oxygen atoms in total. The van der Waals surface area contributed by atoms with Crippen molar-refractivity contribution in [1.29, 1.82) is 0 Å². The third-order valence-electron chi connectivity index (χ3n) is 1.53. The van der Waals surface area contributed by atoms with Crippen molar-refractivity contribution in [2.45, 2.75) is 27.2 Å². The van der Waals surface area contributed by atoms with Crippen LogP contribution in [-0.2, 0) is 0 Å². The van der Waals surface area contributed by atoms with Gasteiger partial charge < -0.3 is 0 Å². The normalized spacial score (nSPS) is 12.7. The minimum absolute atomic E-state index is 0.999. The lowest BCUT2D eigenvalue weighted by atomic mass is 10.3. The first-order chi connectivity index (χ1) is 6.29. The van der Waals surface area contributed by atoms with Crippen LogP contribution in [0, 0.1) is 0 Å². The summed E-state index contributed by atoms with van der Waals surface area (Å²) in [4.78, 5) is 0.